The fraction of sp³-hybridized carbons (Fsp3) is 0.0400. The predicted octanol–water partition coefficient (Wildman–Crippen LogP) is 5.79. The third-order valence-corrected chi connectivity index (χ3v) is 4.33. The van der Waals surface area contributed by atoms with Crippen molar-refractivity contribution in [3.8, 4) is 23.3 Å². The molecule has 1 N–H and O–H groups in total. The summed E-state index contributed by atoms with van der Waals surface area (Å²) in [5.41, 5.74) is -0.550. The molecule has 0 bridgehead atoms. The summed E-state index contributed by atoms with van der Waals surface area (Å²) in [4.78, 5) is 29.6. The van der Waals surface area contributed by atoms with Gasteiger partial charge in [-0.3, -0.25) is 0 Å². The molecule has 0 aliphatic heterocycles. The Labute approximate surface area is 206 Å². The highest BCUT2D eigenvalue weighted by Gasteiger charge is 2.17. The van der Waals surface area contributed by atoms with E-state index < -0.39 is 40.8 Å². The molecule has 12 heteroatoms. The maximum absolute atomic E-state index is 13.1. The number of carbonyl (C=O) groups is 2. The van der Waals surface area contributed by atoms with Crippen LogP contribution in [0.1, 0.15) is 20.7 Å². The molecule has 0 radical (unpaired) electrons. The predicted molar refractivity (Wildman–Crippen MR) is 120 cm³/mol. The van der Waals surface area contributed by atoms with Gasteiger partial charge in [-0.1, -0.05) is 0 Å². The number of aromatic carboxylic acids is 1. The second kappa shape index (κ2) is 12.1. The minimum Gasteiger partial charge on any atom is -0.477 e. The fourth-order valence-corrected chi connectivity index (χ4v) is 2.65. The topological polar surface area (TPSA) is 108 Å². The zero-order valence-corrected chi connectivity index (χ0v) is 18.8. The van der Waals surface area contributed by atoms with E-state index in [1.165, 1.54) is 36.4 Å². The van der Waals surface area contributed by atoms with E-state index in [0.29, 0.717) is 0 Å². The SMILES string of the molecule is COC(=O)c1cc(F)cnc1Oc1ccc(F)cc1.O=C(O)c1cc(F)cnc1Oc1ccc(F)cc1. The van der Waals surface area contributed by atoms with Crippen molar-refractivity contribution in [3.05, 3.63) is 107 Å². The fourth-order valence-electron chi connectivity index (χ4n) is 2.65. The molecule has 0 aliphatic carbocycles. The van der Waals surface area contributed by atoms with E-state index in [4.69, 9.17) is 14.6 Å². The molecule has 2 aromatic heterocycles. The van der Waals surface area contributed by atoms with Crippen LogP contribution in [0.25, 0.3) is 0 Å². The van der Waals surface area contributed by atoms with Gasteiger partial charge in [0.25, 0.3) is 0 Å². The van der Waals surface area contributed by atoms with E-state index in [0.717, 1.165) is 43.8 Å². The van der Waals surface area contributed by atoms with E-state index >= 15 is 0 Å². The highest BCUT2D eigenvalue weighted by Crippen LogP contribution is 2.25. The Hall–Kier alpha value is -5.00. The van der Waals surface area contributed by atoms with Gasteiger partial charge in [0.2, 0.25) is 11.8 Å². The van der Waals surface area contributed by atoms with Gasteiger partial charge in [-0.2, -0.15) is 0 Å². The van der Waals surface area contributed by atoms with Gasteiger partial charge >= 0.3 is 11.9 Å². The van der Waals surface area contributed by atoms with Crippen LogP contribution < -0.4 is 9.47 Å². The normalized spacial score (nSPS) is 10.1. The number of nitrogens with zero attached hydrogens (tertiary/aromatic N) is 2. The molecule has 0 amide bonds. The van der Waals surface area contributed by atoms with Crippen LogP contribution in [0, 0.1) is 23.3 Å². The number of carboxylic acid groups (broad SMARTS) is 1. The Kier molecular flexibility index (Phi) is 8.71. The molecule has 0 atom stereocenters. The second-order valence-electron chi connectivity index (χ2n) is 6.92. The Morgan fingerprint density at radius 2 is 1.08 bits per heavy atom. The number of hydrogen-bond acceptors (Lipinski definition) is 7. The van der Waals surface area contributed by atoms with Crippen molar-refractivity contribution < 1.29 is 46.5 Å². The zero-order valence-electron chi connectivity index (χ0n) is 18.8. The molecule has 0 saturated heterocycles. The van der Waals surface area contributed by atoms with E-state index in [1.54, 1.807) is 0 Å². The molecule has 0 spiro atoms. The average molecular weight is 516 g/mol. The number of rotatable bonds is 6. The first-order valence-corrected chi connectivity index (χ1v) is 10.2. The number of hydrogen-bond donors (Lipinski definition) is 1. The molecule has 190 valence electrons. The lowest BCUT2D eigenvalue weighted by molar-refractivity contribution is 0.0595. The van der Waals surface area contributed by atoms with Gasteiger partial charge in [0.05, 0.1) is 19.5 Å². The molecule has 0 fully saturated rings. The summed E-state index contributed by atoms with van der Waals surface area (Å²) in [5, 5.41) is 8.87. The van der Waals surface area contributed by atoms with Crippen molar-refractivity contribution in [2.45, 2.75) is 0 Å². The lowest BCUT2D eigenvalue weighted by atomic mass is 10.2. The Morgan fingerprint density at radius 3 is 1.49 bits per heavy atom. The first-order chi connectivity index (χ1) is 17.7. The number of halogens is 4. The molecule has 0 aliphatic rings. The van der Waals surface area contributed by atoms with Crippen LogP contribution in [0.3, 0.4) is 0 Å². The number of carbonyl (C=O) groups excluding carboxylic acids is 1. The summed E-state index contributed by atoms with van der Waals surface area (Å²) in [6.07, 6.45) is 1.75. The van der Waals surface area contributed by atoms with Crippen molar-refractivity contribution in [3.63, 3.8) is 0 Å². The van der Waals surface area contributed by atoms with Crippen molar-refractivity contribution >= 4 is 11.9 Å². The van der Waals surface area contributed by atoms with Gasteiger partial charge in [0, 0.05) is 0 Å². The molecule has 8 nitrogen and oxygen atoms in total. The summed E-state index contributed by atoms with van der Waals surface area (Å²) in [5.74, 6) is -4.37. The lowest BCUT2D eigenvalue weighted by Crippen LogP contribution is -2.06. The van der Waals surface area contributed by atoms with Gasteiger partial charge in [-0.25, -0.2) is 37.1 Å². The van der Waals surface area contributed by atoms with Crippen molar-refractivity contribution in [1.82, 2.24) is 9.97 Å². The van der Waals surface area contributed by atoms with Gasteiger partial charge < -0.3 is 19.3 Å². The summed E-state index contributed by atoms with van der Waals surface area (Å²) in [7, 11) is 1.16. The van der Waals surface area contributed by atoms with Gasteiger partial charge in [-0.05, 0) is 60.7 Å². The maximum atomic E-state index is 13.1. The van der Waals surface area contributed by atoms with E-state index in [-0.39, 0.29) is 28.8 Å². The molecule has 2 aromatic carbocycles. The van der Waals surface area contributed by atoms with Crippen LogP contribution in [0.4, 0.5) is 17.6 Å². The smallest absolute Gasteiger partial charge is 0.343 e. The highest BCUT2D eigenvalue weighted by molar-refractivity contribution is 5.92. The van der Waals surface area contributed by atoms with Crippen LogP contribution in [0.15, 0.2) is 73.1 Å². The van der Waals surface area contributed by atoms with Crippen molar-refractivity contribution in [2.24, 2.45) is 0 Å². The first kappa shape index (κ1) is 26.6. The zero-order chi connectivity index (χ0) is 26.9. The Bertz CT molecular complexity index is 1400. The lowest BCUT2D eigenvalue weighted by Gasteiger charge is -2.08. The maximum Gasteiger partial charge on any atom is 0.343 e. The average Bonchev–Trinajstić information content (AvgIpc) is 2.88. The summed E-state index contributed by atoms with van der Waals surface area (Å²) in [6.45, 7) is 0. The standard InChI is InChI=1S/C13H9F2NO3.C12H7F2NO3/c1-18-13(17)11-6-9(15)7-16-12(11)19-10-4-2-8(14)3-5-10;13-7-1-3-9(4-2-7)18-11-10(12(16)17)5-8(14)6-15-11/h2-7H,1H3;1-6H,(H,16,17). The number of benzene rings is 2. The molecule has 4 rings (SSSR count). The second-order valence-corrected chi connectivity index (χ2v) is 6.92. The summed E-state index contributed by atoms with van der Waals surface area (Å²) in [6, 6.07) is 11.8. The molecule has 37 heavy (non-hydrogen) atoms. The molecule has 2 heterocycles. The van der Waals surface area contributed by atoms with Crippen molar-refractivity contribution in [2.75, 3.05) is 7.11 Å². The number of aromatic nitrogens is 2. The van der Waals surface area contributed by atoms with Gasteiger partial charge in [0.15, 0.2) is 0 Å². The van der Waals surface area contributed by atoms with Crippen LogP contribution in [-0.2, 0) is 4.74 Å². The number of methoxy groups -OCH3 is 1. The summed E-state index contributed by atoms with van der Waals surface area (Å²) >= 11 is 0. The third kappa shape index (κ3) is 7.49. The van der Waals surface area contributed by atoms with Gasteiger partial charge in [-0.15, -0.1) is 0 Å². The number of ether oxygens (including phenoxy) is 3. The molecule has 4 aromatic rings. The van der Waals surface area contributed by atoms with E-state index in [1.807, 2.05) is 0 Å². The monoisotopic (exact) mass is 516 g/mol. The molecule has 0 saturated carbocycles. The summed E-state index contributed by atoms with van der Waals surface area (Å²) < 4.78 is 66.3. The van der Waals surface area contributed by atoms with Gasteiger partial charge in [0.1, 0.15) is 45.9 Å². The number of carboxylic acids is 1. The largest absolute Gasteiger partial charge is 0.477 e. The Balaban J connectivity index is 0.000000206. The minimum atomic E-state index is -1.36. The van der Waals surface area contributed by atoms with Crippen LogP contribution >= 0.6 is 0 Å². The first-order valence-electron chi connectivity index (χ1n) is 10.2. The van der Waals surface area contributed by atoms with Crippen molar-refractivity contribution in [1.29, 1.82) is 0 Å². The quantitative estimate of drug-likeness (QED) is 0.254. The number of esters is 1. The molecule has 0 unspecified atom stereocenters. The van der Waals surface area contributed by atoms with E-state index in [9.17, 15) is 27.2 Å². The third-order valence-electron chi connectivity index (χ3n) is 4.33. The highest BCUT2D eigenvalue weighted by atomic mass is 19.1. The van der Waals surface area contributed by atoms with Crippen LogP contribution in [0.2, 0.25) is 0 Å². The molecular formula is C25H16F4N2O6. The van der Waals surface area contributed by atoms with Crippen LogP contribution in [-0.4, -0.2) is 34.1 Å². The van der Waals surface area contributed by atoms with E-state index in [2.05, 4.69) is 14.7 Å². The molecular weight excluding hydrogens is 500 g/mol. The van der Waals surface area contributed by atoms with Crippen LogP contribution in [0.5, 0.6) is 23.3 Å². The minimum absolute atomic E-state index is 0.111. The Morgan fingerprint density at radius 1 is 0.676 bits per heavy atom. The number of pyridine rings is 2.